The van der Waals surface area contributed by atoms with Crippen molar-refractivity contribution in [3.8, 4) is 0 Å². The summed E-state index contributed by atoms with van der Waals surface area (Å²) in [6.07, 6.45) is 0. The van der Waals surface area contributed by atoms with Crippen molar-refractivity contribution >= 4 is 11.7 Å². The summed E-state index contributed by atoms with van der Waals surface area (Å²) < 4.78 is 18.0. The summed E-state index contributed by atoms with van der Waals surface area (Å²) >= 11 is 0. The first-order chi connectivity index (χ1) is 7.75. The normalized spacial score (nSPS) is 15.9. The number of carbonyl (C=O) groups excluding carboxylic acids is 1. The molecule has 0 bridgehead atoms. The lowest BCUT2D eigenvalue weighted by Crippen LogP contribution is -2.43. The first-order valence-electron chi connectivity index (χ1n) is 5.15. The fourth-order valence-corrected chi connectivity index (χ4v) is 1.54. The Balaban J connectivity index is 1.96. The molecule has 1 N–H and O–H groups in total. The summed E-state index contributed by atoms with van der Waals surface area (Å²) in [6.45, 7) is 2.25. The van der Waals surface area contributed by atoms with Gasteiger partial charge in [-0.25, -0.2) is 9.18 Å². The average molecular weight is 224 g/mol. The number of nitrogens with one attached hydrogen (secondary N) is 1. The standard InChI is InChI=1S/C11H13FN2O2/c12-9-2-1-3-10(8-9)13-11(15)14-4-6-16-7-5-14/h1-3,8H,4-7H2,(H,13,15). The van der Waals surface area contributed by atoms with Crippen molar-refractivity contribution in [2.24, 2.45) is 0 Å². The molecule has 0 saturated carbocycles. The second-order valence-electron chi connectivity index (χ2n) is 3.54. The van der Waals surface area contributed by atoms with E-state index in [1.165, 1.54) is 12.1 Å². The number of amides is 2. The first kappa shape index (κ1) is 10.9. The summed E-state index contributed by atoms with van der Waals surface area (Å²) in [5.41, 5.74) is 0.469. The van der Waals surface area contributed by atoms with Gasteiger partial charge in [0.15, 0.2) is 0 Å². The quantitative estimate of drug-likeness (QED) is 0.788. The number of nitrogens with zero attached hydrogens (tertiary/aromatic N) is 1. The number of ether oxygens (including phenoxy) is 1. The van der Waals surface area contributed by atoms with Crippen molar-refractivity contribution in [2.75, 3.05) is 31.6 Å². The third-order valence-corrected chi connectivity index (χ3v) is 2.37. The molecular weight excluding hydrogens is 211 g/mol. The van der Waals surface area contributed by atoms with Crippen LogP contribution in [0, 0.1) is 5.82 Å². The van der Waals surface area contributed by atoms with Gasteiger partial charge in [-0.05, 0) is 18.2 Å². The van der Waals surface area contributed by atoms with E-state index in [1.54, 1.807) is 17.0 Å². The minimum Gasteiger partial charge on any atom is -0.378 e. The average Bonchev–Trinajstić information content (AvgIpc) is 2.30. The maximum atomic E-state index is 12.9. The van der Waals surface area contributed by atoms with Gasteiger partial charge in [0.25, 0.3) is 0 Å². The zero-order valence-electron chi connectivity index (χ0n) is 8.78. The minimum atomic E-state index is -0.361. The zero-order chi connectivity index (χ0) is 11.4. The van der Waals surface area contributed by atoms with Gasteiger partial charge in [0, 0.05) is 18.8 Å². The lowest BCUT2D eigenvalue weighted by molar-refractivity contribution is 0.0564. The third kappa shape index (κ3) is 2.70. The molecule has 1 fully saturated rings. The Bertz CT molecular complexity index is 378. The van der Waals surface area contributed by atoms with Crippen molar-refractivity contribution < 1.29 is 13.9 Å². The van der Waals surface area contributed by atoms with Crippen LogP contribution in [0.3, 0.4) is 0 Å². The second kappa shape index (κ2) is 4.94. The van der Waals surface area contributed by atoms with Gasteiger partial charge in [0.1, 0.15) is 5.82 Å². The molecule has 1 aliphatic heterocycles. The zero-order valence-corrected chi connectivity index (χ0v) is 8.78. The van der Waals surface area contributed by atoms with Crippen LogP contribution in [0.15, 0.2) is 24.3 Å². The number of benzene rings is 1. The molecule has 1 saturated heterocycles. The van der Waals surface area contributed by atoms with Gasteiger partial charge in [-0.3, -0.25) is 0 Å². The van der Waals surface area contributed by atoms with Crippen LogP contribution < -0.4 is 5.32 Å². The fourth-order valence-electron chi connectivity index (χ4n) is 1.54. The number of anilines is 1. The fraction of sp³-hybridized carbons (Fsp3) is 0.364. The van der Waals surface area contributed by atoms with E-state index in [0.29, 0.717) is 32.0 Å². The molecule has 1 aromatic carbocycles. The molecule has 86 valence electrons. The van der Waals surface area contributed by atoms with Crippen LogP contribution in [0.25, 0.3) is 0 Å². The Hall–Kier alpha value is -1.62. The van der Waals surface area contributed by atoms with Gasteiger partial charge in [0.05, 0.1) is 13.2 Å². The van der Waals surface area contributed by atoms with Crippen molar-refractivity contribution in [3.63, 3.8) is 0 Å². The van der Waals surface area contributed by atoms with E-state index in [-0.39, 0.29) is 11.8 Å². The number of hydrogen-bond acceptors (Lipinski definition) is 2. The predicted octanol–water partition coefficient (Wildman–Crippen LogP) is 1.69. The van der Waals surface area contributed by atoms with E-state index in [9.17, 15) is 9.18 Å². The highest BCUT2D eigenvalue weighted by Gasteiger charge is 2.16. The Labute approximate surface area is 93.0 Å². The number of halogens is 1. The largest absolute Gasteiger partial charge is 0.378 e. The molecule has 1 aromatic rings. The highest BCUT2D eigenvalue weighted by Crippen LogP contribution is 2.10. The van der Waals surface area contributed by atoms with Crippen molar-refractivity contribution in [2.45, 2.75) is 0 Å². The first-order valence-corrected chi connectivity index (χ1v) is 5.15. The summed E-state index contributed by atoms with van der Waals surface area (Å²) in [4.78, 5) is 13.4. The van der Waals surface area contributed by atoms with Gasteiger partial charge < -0.3 is 15.0 Å². The molecule has 5 heteroatoms. The van der Waals surface area contributed by atoms with Crippen LogP contribution in [-0.2, 0) is 4.74 Å². The van der Waals surface area contributed by atoms with Gasteiger partial charge >= 0.3 is 6.03 Å². The number of urea groups is 1. The molecule has 0 aromatic heterocycles. The third-order valence-electron chi connectivity index (χ3n) is 2.37. The lowest BCUT2D eigenvalue weighted by Gasteiger charge is -2.26. The highest BCUT2D eigenvalue weighted by atomic mass is 19.1. The van der Waals surface area contributed by atoms with Crippen molar-refractivity contribution in [1.82, 2.24) is 4.90 Å². The van der Waals surface area contributed by atoms with E-state index >= 15 is 0 Å². The van der Waals surface area contributed by atoms with Crippen molar-refractivity contribution in [1.29, 1.82) is 0 Å². The maximum Gasteiger partial charge on any atom is 0.322 e. The molecule has 0 radical (unpaired) electrons. The van der Waals surface area contributed by atoms with Crippen LogP contribution in [0.4, 0.5) is 14.9 Å². The van der Waals surface area contributed by atoms with E-state index in [0.717, 1.165) is 0 Å². The molecule has 2 rings (SSSR count). The van der Waals surface area contributed by atoms with Gasteiger partial charge in [-0.1, -0.05) is 6.07 Å². The number of carbonyl (C=O) groups is 1. The Kier molecular flexibility index (Phi) is 3.36. The Morgan fingerprint density at radius 1 is 1.38 bits per heavy atom. The number of rotatable bonds is 1. The van der Waals surface area contributed by atoms with Crippen LogP contribution in [-0.4, -0.2) is 37.2 Å². The van der Waals surface area contributed by atoms with Crippen LogP contribution in [0.2, 0.25) is 0 Å². The highest BCUT2D eigenvalue weighted by molar-refractivity contribution is 5.89. The molecule has 1 aliphatic rings. The van der Waals surface area contributed by atoms with E-state index in [1.807, 2.05) is 0 Å². The predicted molar refractivity (Wildman–Crippen MR) is 57.8 cm³/mol. The molecule has 0 aliphatic carbocycles. The van der Waals surface area contributed by atoms with Crippen LogP contribution in [0.1, 0.15) is 0 Å². The van der Waals surface area contributed by atoms with E-state index in [4.69, 9.17) is 4.74 Å². The lowest BCUT2D eigenvalue weighted by atomic mass is 10.3. The second-order valence-corrected chi connectivity index (χ2v) is 3.54. The number of morpholine rings is 1. The van der Waals surface area contributed by atoms with E-state index in [2.05, 4.69) is 5.32 Å². The molecule has 4 nitrogen and oxygen atoms in total. The Morgan fingerprint density at radius 3 is 2.81 bits per heavy atom. The number of hydrogen-bond donors (Lipinski definition) is 1. The summed E-state index contributed by atoms with van der Waals surface area (Å²) in [7, 11) is 0. The molecular formula is C11H13FN2O2. The SMILES string of the molecule is O=C(Nc1cccc(F)c1)N1CCOCC1. The molecule has 2 amide bonds. The summed E-state index contributed by atoms with van der Waals surface area (Å²) in [5, 5.41) is 2.64. The van der Waals surface area contributed by atoms with Gasteiger partial charge in [-0.2, -0.15) is 0 Å². The maximum absolute atomic E-state index is 12.9. The smallest absolute Gasteiger partial charge is 0.322 e. The molecule has 1 heterocycles. The monoisotopic (exact) mass is 224 g/mol. The summed E-state index contributed by atoms with van der Waals surface area (Å²) in [5.74, 6) is -0.361. The topological polar surface area (TPSA) is 41.6 Å². The molecule has 0 atom stereocenters. The van der Waals surface area contributed by atoms with E-state index < -0.39 is 0 Å². The molecule has 0 unspecified atom stereocenters. The van der Waals surface area contributed by atoms with Crippen LogP contribution in [0.5, 0.6) is 0 Å². The van der Waals surface area contributed by atoms with Gasteiger partial charge in [-0.15, -0.1) is 0 Å². The molecule has 0 spiro atoms. The minimum absolute atomic E-state index is 0.214. The van der Waals surface area contributed by atoms with Gasteiger partial charge in [0.2, 0.25) is 0 Å². The summed E-state index contributed by atoms with van der Waals surface area (Å²) in [6, 6.07) is 5.63. The van der Waals surface area contributed by atoms with Crippen LogP contribution >= 0.6 is 0 Å². The molecule has 16 heavy (non-hydrogen) atoms. The Morgan fingerprint density at radius 2 is 2.12 bits per heavy atom. The van der Waals surface area contributed by atoms with Crippen molar-refractivity contribution in [3.05, 3.63) is 30.1 Å².